The molecule has 1 fully saturated rings. The number of hydrogen-bond donors (Lipinski definition) is 2. The summed E-state index contributed by atoms with van der Waals surface area (Å²) in [5, 5.41) is 0. The summed E-state index contributed by atoms with van der Waals surface area (Å²) in [5.74, 6) is 0.472. The Labute approximate surface area is 101 Å². The lowest BCUT2D eigenvalue weighted by molar-refractivity contribution is 0.537. The normalized spacial score (nSPS) is 22.4. The van der Waals surface area contributed by atoms with Crippen LogP contribution in [0.15, 0.2) is 17.3 Å². The number of rotatable bonds is 4. The second-order valence-electron chi connectivity index (χ2n) is 5.02. The number of sulfonamides is 1. The van der Waals surface area contributed by atoms with Gasteiger partial charge in [-0.15, -0.1) is 0 Å². The molecule has 2 rings (SSSR count). The summed E-state index contributed by atoms with van der Waals surface area (Å²) < 4.78 is 26.3. The molecule has 7 heteroatoms. The number of nitrogens with zero attached hydrogens (tertiary/aromatic N) is 2. The lowest BCUT2D eigenvalue weighted by atomic mass is 10.1. The van der Waals surface area contributed by atoms with Crippen molar-refractivity contribution in [3.63, 3.8) is 0 Å². The fourth-order valence-corrected chi connectivity index (χ4v) is 2.65. The van der Waals surface area contributed by atoms with Crippen LogP contribution in [-0.4, -0.2) is 24.9 Å². The summed E-state index contributed by atoms with van der Waals surface area (Å²) in [6, 6.07) is 0. The maximum atomic E-state index is 11.9. The molecule has 1 heterocycles. The van der Waals surface area contributed by atoms with E-state index in [4.69, 9.17) is 5.73 Å². The number of anilines is 1. The van der Waals surface area contributed by atoms with Crippen molar-refractivity contribution in [2.75, 3.05) is 12.3 Å². The van der Waals surface area contributed by atoms with Gasteiger partial charge in [-0.3, -0.25) is 0 Å². The Kier molecular flexibility index (Phi) is 2.82. The first kappa shape index (κ1) is 12.3. The van der Waals surface area contributed by atoms with E-state index in [-0.39, 0.29) is 16.3 Å². The molecule has 1 aromatic heterocycles. The van der Waals surface area contributed by atoms with Crippen molar-refractivity contribution >= 4 is 16.0 Å². The van der Waals surface area contributed by atoms with E-state index in [2.05, 4.69) is 28.5 Å². The van der Waals surface area contributed by atoms with Crippen LogP contribution >= 0.6 is 0 Å². The summed E-state index contributed by atoms with van der Waals surface area (Å²) >= 11 is 0. The fourth-order valence-electron chi connectivity index (χ4n) is 1.68. The van der Waals surface area contributed by atoms with E-state index in [0.29, 0.717) is 12.5 Å². The molecule has 3 N–H and O–H groups in total. The Bertz CT molecular complexity index is 510. The fraction of sp³-hybridized carbons (Fsp3) is 0.600. The zero-order chi connectivity index (χ0) is 12.7. The molecular formula is C10H16N4O2S. The smallest absolute Gasteiger partial charge is 0.243 e. The quantitative estimate of drug-likeness (QED) is 0.811. The monoisotopic (exact) mass is 256 g/mol. The van der Waals surface area contributed by atoms with Crippen LogP contribution < -0.4 is 10.5 Å². The highest BCUT2D eigenvalue weighted by Gasteiger charge is 2.45. The molecule has 0 saturated heterocycles. The van der Waals surface area contributed by atoms with E-state index in [0.717, 1.165) is 6.42 Å². The van der Waals surface area contributed by atoms with Gasteiger partial charge >= 0.3 is 0 Å². The molecule has 0 amide bonds. The SMILES string of the molecule is CC1(C)CC1CNS(=O)(=O)c1cnc(N)nc1. The van der Waals surface area contributed by atoms with Crippen molar-refractivity contribution in [1.82, 2.24) is 14.7 Å². The lowest BCUT2D eigenvalue weighted by Crippen LogP contribution is -2.27. The Balaban J connectivity index is 2.02. The minimum atomic E-state index is -3.51. The molecular weight excluding hydrogens is 240 g/mol. The summed E-state index contributed by atoms with van der Waals surface area (Å²) in [5.41, 5.74) is 5.55. The Hall–Kier alpha value is -1.21. The molecule has 1 aliphatic carbocycles. The summed E-state index contributed by atoms with van der Waals surface area (Å²) in [4.78, 5) is 7.37. The highest BCUT2D eigenvalue weighted by atomic mass is 32.2. The van der Waals surface area contributed by atoms with Crippen molar-refractivity contribution in [2.24, 2.45) is 11.3 Å². The van der Waals surface area contributed by atoms with E-state index in [1.54, 1.807) is 0 Å². The van der Waals surface area contributed by atoms with E-state index in [9.17, 15) is 8.42 Å². The zero-order valence-electron chi connectivity index (χ0n) is 9.84. The summed E-state index contributed by atoms with van der Waals surface area (Å²) in [7, 11) is -3.51. The van der Waals surface area contributed by atoms with Crippen LogP contribution in [0.5, 0.6) is 0 Å². The summed E-state index contributed by atoms with van der Waals surface area (Å²) in [6.45, 7) is 4.70. The van der Waals surface area contributed by atoms with Crippen LogP contribution in [0, 0.1) is 11.3 Å². The maximum Gasteiger partial charge on any atom is 0.243 e. The highest BCUT2D eigenvalue weighted by Crippen LogP contribution is 2.51. The van der Waals surface area contributed by atoms with Gasteiger partial charge in [0.25, 0.3) is 0 Å². The van der Waals surface area contributed by atoms with Gasteiger partial charge in [-0.25, -0.2) is 23.1 Å². The van der Waals surface area contributed by atoms with Crippen molar-refractivity contribution < 1.29 is 8.42 Å². The molecule has 1 saturated carbocycles. The van der Waals surface area contributed by atoms with Crippen LogP contribution in [0.2, 0.25) is 0 Å². The van der Waals surface area contributed by atoms with E-state index in [1.165, 1.54) is 12.4 Å². The predicted octanol–water partition coefficient (Wildman–Crippen LogP) is 0.383. The van der Waals surface area contributed by atoms with Gasteiger partial charge in [0, 0.05) is 6.54 Å². The van der Waals surface area contributed by atoms with Gasteiger partial charge in [0.15, 0.2) is 0 Å². The largest absolute Gasteiger partial charge is 0.368 e. The van der Waals surface area contributed by atoms with Crippen molar-refractivity contribution in [1.29, 1.82) is 0 Å². The second-order valence-corrected chi connectivity index (χ2v) is 6.79. The van der Waals surface area contributed by atoms with Crippen LogP contribution in [0.4, 0.5) is 5.95 Å². The van der Waals surface area contributed by atoms with Crippen molar-refractivity contribution in [3.8, 4) is 0 Å². The average molecular weight is 256 g/mol. The number of aromatic nitrogens is 2. The third-order valence-corrected chi connectivity index (χ3v) is 4.57. The number of nitrogens with one attached hydrogen (secondary N) is 1. The van der Waals surface area contributed by atoms with E-state index >= 15 is 0 Å². The molecule has 1 atom stereocenters. The highest BCUT2D eigenvalue weighted by molar-refractivity contribution is 7.89. The topological polar surface area (TPSA) is 98.0 Å². The standard InChI is InChI=1S/C10H16N4O2S/c1-10(2)3-7(10)4-14-17(15,16)8-5-12-9(11)13-6-8/h5-7,14H,3-4H2,1-2H3,(H2,11,12,13). The third kappa shape index (κ3) is 2.73. The lowest BCUT2D eigenvalue weighted by Gasteiger charge is -2.07. The minimum absolute atomic E-state index is 0.0464. The van der Waals surface area contributed by atoms with Crippen molar-refractivity contribution in [3.05, 3.63) is 12.4 Å². The number of hydrogen-bond acceptors (Lipinski definition) is 5. The van der Waals surface area contributed by atoms with Gasteiger partial charge in [-0.2, -0.15) is 0 Å². The molecule has 1 unspecified atom stereocenters. The average Bonchev–Trinajstić information content (AvgIpc) is 2.85. The van der Waals surface area contributed by atoms with E-state index in [1.807, 2.05) is 0 Å². The van der Waals surface area contributed by atoms with Crippen LogP contribution in [0.1, 0.15) is 20.3 Å². The van der Waals surface area contributed by atoms with Gasteiger partial charge in [0.05, 0.1) is 12.4 Å². The molecule has 0 bridgehead atoms. The van der Waals surface area contributed by atoms with E-state index < -0.39 is 10.0 Å². The molecule has 1 aromatic rings. The van der Waals surface area contributed by atoms with Crippen LogP contribution in [-0.2, 0) is 10.0 Å². The first-order chi connectivity index (χ1) is 7.81. The van der Waals surface area contributed by atoms with Crippen LogP contribution in [0.3, 0.4) is 0 Å². The zero-order valence-corrected chi connectivity index (χ0v) is 10.7. The molecule has 0 radical (unpaired) electrons. The van der Waals surface area contributed by atoms with Crippen molar-refractivity contribution in [2.45, 2.75) is 25.2 Å². The molecule has 0 aromatic carbocycles. The van der Waals surface area contributed by atoms with Gasteiger partial charge in [-0.1, -0.05) is 13.8 Å². The van der Waals surface area contributed by atoms with Gasteiger partial charge in [0.2, 0.25) is 16.0 Å². The summed E-state index contributed by atoms with van der Waals surface area (Å²) in [6.07, 6.45) is 3.47. The molecule has 94 valence electrons. The Morgan fingerprint density at radius 2 is 2.00 bits per heavy atom. The molecule has 17 heavy (non-hydrogen) atoms. The molecule has 1 aliphatic rings. The Morgan fingerprint density at radius 1 is 1.47 bits per heavy atom. The first-order valence-corrected chi connectivity index (χ1v) is 6.87. The second kappa shape index (κ2) is 3.92. The maximum absolute atomic E-state index is 11.9. The number of nitrogens with two attached hydrogens (primary N) is 1. The predicted molar refractivity (Wildman–Crippen MR) is 63.5 cm³/mol. The van der Waals surface area contributed by atoms with Crippen LogP contribution in [0.25, 0.3) is 0 Å². The molecule has 0 aliphatic heterocycles. The molecule has 6 nitrogen and oxygen atoms in total. The molecule has 0 spiro atoms. The first-order valence-electron chi connectivity index (χ1n) is 5.38. The number of nitrogen functional groups attached to an aromatic ring is 1. The Morgan fingerprint density at radius 3 is 2.47 bits per heavy atom. The van der Waals surface area contributed by atoms with Gasteiger partial charge < -0.3 is 5.73 Å². The van der Waals surface area contributed by atoms with Gasteiger partial charge in [0.1, 0.15) is 4.90 Å². The minimum Gasteiger partial charge on any atom is -0.368 e. The van der Waals surface area contributed by atoms with Gasteiger partial charge in [-0.05, 0) is 17.8 Å². The third-order valence-electron chi connectivity index (χ3n) is 3.20.